The second-order valence-electron chi connectivity index (χ2n) is 4.21. The van der Waals surface area contributed by atoms with Crippen molar-refractivity contribution in [3.63, 3.8) is 0 Å². The highest BCUT2D eigenvalue weighted by Gasteiger charge is 2.19. The summed E-state index contributed by atoms with van der Waals surface area (Å²) >= 11 is 17.2. The third-order valence-corrected chi connectivity index (χ3v) is 4.28. The molecule has 0 aromatic carbocycles. The van der Waals surface area contributed by atoms with E-state index in [0.717, 1.165) is 6.42 Å². The lowest BCUT2D eigenvalue weighted by Crippen LogP contribution is -2.02. The van der Waals surface area contributed by atoms with Crippen LogP contribution >= 0.6 is 33.2 Å². The highest BCUT2D eigenvalue weighted by molar-refractivity contribution is 7.66. The van der Waals surface area contributed by atoms with Gasteiger partial charge in [-0.05, 0) is 12.8 Å². The molecule has 4 heteroatoms. The lowest BCUT2D eigenvalue weighted by molar-refractivity contribution is 0.577. The van der Waals surface area contributed by atoms with Crippen LogP contribution in [0.2, 0.25) is 0 Å². The smallest absolute Gasteiger partial charge is 0.121 e. The number of rotatable bonds is 10. The average molecular weight is 302 g/mol. The van der Waals surface area contributed by atoms with Crippen molar-refractivity contribution in [2.24, 2.45) is 0 Å². The highest BCUT2D eigenvalue weighted by atomic mass is 35.8. The summed E-state index contributed by atoms with van der Waals surface area (Å²) in [7, 11) is 0. The molecule has 0 saturated heterocycles. The zero-order valence-electron chi connectivity index (χ0n) is 10.2. The molecule has 0 rings (SSSR count). The molecule has 0 aliphatic rings. The molecular formula is C12H23Cl3Si. The van der Waals surface area contributed by atoms with Crippen LogP contribution in [-0.2, 0) is 0 Å². The number of hydrogen-bond donors (Lipinski definition) is 0. The summed E-state index contributed by atoms with van der Waals surface area (Å²) in [5, 5.41) is 0. The van der Waals surface area contributed by atoms with Gasteiger partial charge in [-0.15, -0.1) is 33.2 Å². The van der Waals surface area contributed by atoms with E-state index in [1.165, 1.54) is 51.4 Å². The maximum atomic E-state index is 5.73. The minimum Gasteiger partial charge on any atom is -0.121 e. The zero-order valence-corrected chi connectivity index (χ0v) is 13.4. The van der Waals surface area contributed by atoms with E-state index in [1.807, 2.05) is 6.08 Å². The molecule has 0 aliphatic carbocycles. The molecule has 0 aliphatic heterocycles. The van der Waals surface area contributed by atoms with Crippen molar-refractivity contribution in [2.75, 3.05) is 0 Å². The van der Waals surface area contributed by atoms with E-state index in [1.54, 1.807) is 5.70 Å². The fraction of sp³-hybridized carbons (Fsp3) is 0.833. The Kier molecular flexibility index (Phi) is 11.5. The maximum Gasteiger partial charge on any atom is 0.365 e. The van der Waals surface area contributed by atoms with Crippen molar-refractivity contribution in [3.8, 4) is 0 Å². The summed E-state index contributed by atoms with van der Waals surface area (Å²) in [4.78, 5) is 0. The van der Waals surface area contributed by atoms with E-state index in [4.69, 9.17) is 33.2 Å². The summed E-state index contributed by atoms with van der Waals surface area (Å²) in [6.07, 6.45) is 13.8. The molecule has 0 unspecified atom stereocenters. The average Bonchev–Trinajstić information content (AvgIpc) is 2.19. The SMILES string of the molecule is CCCCCCCCCC/C=C/[Si](Cl)(Cl)Cl. The van der Waals surface area contributed by atoms with Gasteiger partial charge >= 0.3 is 6.00 Å². The normalized spacial score (nSPS) is 12.5. The van der Waals surface area contributed by atoms with Crippen LogP contribution in [0.25, 0.3) is 0 Å². The lowest BCUT2D eigenvalue weighted by atomic mass is 10.1. The van der Waals surface area contributed by atoms with Crippen LogP contribution in [0.5, 0.6) is 0 Å². The minimum absolute atomic E-state index is 1.05. The Morgan fingerprint density at radius 1 is 0.812 bits per heavy atom. The summed E-state index contributed by atoms with van der Waals surface area (Å²) < 4.78 is 0. The van der Waals surface area contributed by atoms with Gasteiger partial charge in [0, 0.05) is 0 Å². The van der Waals surface area contributed by atoms with Gasteiger partial charge in [-0.2, -0.15) is 0 Å². The Bertz CT molecular complexity index is 176. The van der Waals surface area contributed by atoms with Crippen LogP contribution in [0.4, 0.5) is 0 Å². The first-order valence-corrected chi connectivity index (χ1v) is 11.4. The van der Waals surface area contributed by atoms with Gasteiger partial charge in [-0.25, -0.2) is 0 Å². The van der Waals surface area contributed by atoms with Crippen molar-refractivity contribution >= 4 is 39.2 Å². The van der Waals surface area contributed by atoms with Gasteiger partial charge in [-0.1, -0.05) is 63.6 Å². The Morgan fingerprint density at radius 2 is 1.31 bits per heavy atom. The van der Waals surface area contributed by atoms with Crippen molar-refractivity contribution in [3.05, 3.63) is 11.8 Å². The van der Waals surface area contributed by atoms with Crippen LogP contribution < -0.4 is 0 Å². The number of hydrogen-bond acceptors (Lipinski definition) is 0. The van der Waals surface area contributed by atoms with Crippen LogP contribution in [0.15, 0.2) is 11.8 Å². The standard InChI is InChI=1S/C12H23Cl3Si/c1-2-3-4-5-6-7-8-9-10-11-12-16(13,14)15/h11-12H,2-10H2,1H3/b12-11+. The molecule has 0 spiro atoms. The molecule has 0 nitrogen and oxygen atoms in total. The highest BCUT2D eigenvalue weighted by Crippen LogP contribution is 2.21. The van der Waals surface area contributed by atoms with Gasteiger partial charge in [0.15, 0.2) is 0 Å². The fourth-order valence-corrected chi connectivity index (χ4v) is 2.85. The number of unbranched alkanes of at least 4 members (excludes halogenated alkanes) is 8. The van der Waals surface area contributed by atoms with E-state index in [-0.39, 0.29) is 0 Å². The Hall–Kier alpha value is 0.827. The summed E-state index contributed by atoms with van der Waals surface area (Å²) in [6.45, 7) is 2.25. The van der Waals surface area contributed by atoms with E-state index in [9.17, 15) is 0 Å². The third-order valence-electron chi connectivity index (χ3n) is 2.53. The second-order valence-corrected chi connectivity index (χ2v) is 12.7. The van der Waals surface area contributed by atoms with Crippen molar-refractivity contribution in [1.82, 2.24) is 0 Å². The van der Waals surface area contributed by atoms with E-state index in [2.05, 4.69) is 6.92 Å². The third kappa shape index (κ3) is 14.8. The molecule has 16 heavy (non-hydrogen) atoms. The molecular weight excluding hydrogens is 279 g/mol. The number of halogens is 3. The fourth-order valence-electron chi connectivity index (χ4n) is 1.61. The van der Waals surface area contributed by atoms with Crippen molar-refractivity contribution < 1.29 is 0 Å². The van der Waals surface area contributed by atoms with Gasteiger partial charge in [0.2, 0.25) is 0 Å². The van der Waals surface area contributed by atoms with Crippen molar-refractivity contribution in [2.45, 2.75) is 64.7 Å². The van der Waals surface area contributed by atoms with Crippen molar-refractivity contribution in [1.29, 1.82) is 0 Å². The predicted octanol–water partition coefficient (Wildman–Crippen LogP) is 6.27. The molecule has 0 aromatic heterocycles. The van der Waals surface area contributed by atoms with E-state index >= 15 is 0 Å². The molecule has 0 atom stereocenters. The Morgan fingerprint density at radius 3 is 1.81 bits per heavy atom. The first kappa shape index (κ1) is 16.8. The molecule has 0 N–H and O–H groups in total. The molecule has 0 aromatic rings. The molecule has 96 valence electrons. The second kappa shape index (κ2) is 10.9. The maximum absolute atomic E-state index is 5.73. The van der Waals surface area contributed by atoms with E-state index in [0.29, 0.717) is 0 Å². The zero-order chi connectivity index (χ0) is 12.3. The largest absolute Gasteiger partial charge is 0.365 e. The van der Waals surface area contributed by atoms with Gasteiger partial charge in [0.1, 0.15) is 0 Å². The lowest BCUT2D eigenvalue weighted by Gasteiger charge is -2.01. The van der Waals surface area contributed by atoms with Gasteiger partial charge < -0.3 is 0 Å². The summed E-state index contributed by atoms with van der Waals surface area (Å²) in [6, 6.07) is -2.51. The molecule has 0 amide bonds. The number of allylic oxidation sites excluding steroid dienone is 1. The van der Waals surface area contributed by atoms with Gasteiger partial charge in [0.05, 0.1) is 0 Å². The predicted molar refractivity (Wildman–Crippen MR) is 79.7 cm³/mol. The van der Waals surface area contributed by atoms with Crippen LogP contribution in [0, 0.1) is 0 Å². The monoisotopic (exact) mass is 300 g/mol. The first-order valence-electron chi connectivity index (χ1n) is 6.30. The molecule has 0 fully saturated rings. The van der Waals surface area contributed by atoms with Gasteiger partial charge in [0.25, 0.3) is 0 Å². The van der Waals surface area contributed by atoms with Gasteiger partial charge in [-0.3, -0.25) is 0 Å². The molecule has 0 heterocycles. The Labute approximate surface area is 115 Å². The quantitative estimate of drug-likeness (QED) is 0.253. The van der Waals surface area contributed by atoms with Crippen LogP contribution in [0.3, 0.4) is 0 Å². The minimum atomic E-state index is -2.51. The molecule has 0 radical (unpaired) electrons. The Balaban J connectivity index is 3.13. The first-order chi connectivity index (χ1) is 7.56. The summed E-state index contributed by atoms with van der Waals surface area (Å²) in [5.74, 6) is 0. The summed E-state index contributed by atoms with van der Waals surface area (Å²) in [5.41, 5.74) is 1.78. The van der Waals surface area contributed by atoms with Crippen LogP contribution in [-0.4, -0.2) is 6.00 Å². The van der Waals surface area contributed by atoms with Crippen LogP contribution in [0.1, 0.15) is 64.7 Å². The molecule has 0 bridgehead atoms. The van der Waals surface area contributed by atoms with E-state index < -0.39 is 6.00 Å². The topological polar surface area (TPSA) is 0 Å². The molecule has 0 saturated carbocycles.